The molecule has 0 aliphatic carbocycles. The Kier molecular flexibility index (Phi) is 2.92. The van der Waals surface area contributed by atoms with Crippen LogP contribution in [0.25, 0.3) is 10.8 Å². The molecular weight excluding hydrogens is 196 g/mol. The zero-order valence-electron chi connectivity index (χ0n) is 9.90. The largest absolute Gasteiger partial charge is 0.325 e. The first-order valence-electron chi connectivity index (χ1n) is 5.74. The predicted molar refractivity (Wildman–Crippen MR) is 68.3 cm³/mol. The van der Waals surface area contributed by atoms with E-state index in [1.807, 2.05) is 24.4 Å². The Morgan fingerprint density at radius 2 is 2.00 bits per heavy atom. The molecule has 0 saturated heterocycles. The molecule has 84 valence electrons. The van der Waals surface area contributed by atoms with E-state index in [0.29, 0.717) is 0 Å². The molecule has 1 aromatic carbocycles. The van der Waals surface area contributed by atoms with Gasteiger partial charge in [0.2, 0.25) is 0 Å². The zero-order valence-corrected chi connectivity index (χ0v) is 9.90. The van der Waals surface area contributed by atoms with Crippen molar-refractivity contribution in [3.8, 4) is 0 Å². The van der Waals surface area contributed by atoms with Gasteiger partial charge in [0.1, 0.15) is 0 Å². The fraction of sp³-hybridized carbons (Fsp3) is 0.357. The van der Waals surface area contributed by atoms with Gasteiger partial charge >= 0.3 is 0 Å². The summed E-state index contributed by atoms with van der Waals surface area (Å²) in [6.07, 6.45) is 3.65. The first-order chi connectivity index (χ1) is 7.62. The molecule has 0 aliphatic heterocycles. The Hall–Kier alpha value is -1.41. The van der Waals surface area contributed by atoms with E-state index in [4.69, 9.17) is 5.73 Å². The molecule has 16 heavy (non-hydrogen) atoms. The predicted octanol–water partition coefficient (Wildman–Crippen LogP) is 2.90. The average molecular weight is 214 g/mol. The molecule has 0 spiro atoms. The molecular formula is C14H18N2. The van der Waals surface area contributed by atoms with Gasteiger partial charge in [0, 0.05) is 29.2 Å². The Bertz CT molecular complexity index is 484. The van der Waals surface area contributed by atoms with E-state index in [2.05, 4.69) is 31.0 Å². The zero-order chi connectivity index (χ0) is 11.6. The van der Waals surface area contributed by atoms with Crippen molar-refractivity contribution >= 4 is 10.8 Å². The molecule has 2 nitrogen and oxygen atoms in total. The quantitative estimate of drug-likeness (QED) is 0.853. The number of nitrogens with two attached hydrogens (primary N) is 1. The summed E-state index contributed by atoms with van der Waals surface area (Å²) in [5.74, 6) is 0. The van der Waals surface area contributed by atoms with Crippen molar-refractivity contribution in [1.29, 1.82) is 0 Å². The molecule has 2 rings (SSSR count). The van der Waals surface area contributed by atoms with Crippen molar-refractivity contribution in [1.82, 2.24) is 4.98 Å². The molecule has 2 heteroatoms. The van der Waals surface area contributed by atoms with Crippen molar-refractivity contribution in [2.75, 3.05) is 0 Å². The van der Waals surface area contributed by atoms with Crippen LogP contribution in [0.3, 0.4) is 0 Å². The highest BCUT2D eigenvalue weighted by atomic mass is 14.8. The molecule has 0 fully saturated rings. The van der Waals surface area contributed by atoms with Crippen molar-refractivity contribution in [3.63, 3.8) is 0 Å². The van der Waals surface area contributed by atoms with Crippen molar-refractivity contribution in [2.45, 2.75) is 32.2 Å². The van der Waals surface area contributed by atoms with E-state index in [1.165, 1.54) is 10.8 Å². The summed E-state index contributed by atoms with van der Waals surface area (Å²) in [6.45, 7) is 4.20. The smallest absolute Gasteiger partial charge is 0.0500 e. The Balaban J connectivity index is 2.45. The molecule has 0 saturated carbocycles. The maximum absolute atomic E-state index is 6.20. The number of pyridine rings is 1. The molecule has 2 aromatic rings. The van der Waals surface area contributed by atoms with Crippen LogP contribution in [0.5, 0.6) is 0 Å². The Labute approximate surface area is 96.5 Å². The number of aromatic nitrogens is 1. The molecule has 2 N–H and O–H groups in total. The monoisotopic (exact) mass is 214 g/mol. The van der Waals surface area contributed by atoms with Gasteiger partial charge in [-0.2, -0.15) is 0 Å². The lowest BCUT2D eigenvalue weighted by molar-refractivity contribution is 0.447. The summed E-state index contributed by atoms with van der Waals surface area (Å²) < 4.78 is 0. The number of hydrogen-bond acceptors (Lipinski definition) is 2. The van der Waals surface area contributed by atoms with Crippen molar-refractivity contribution < 1.29 is 0 Å². The molecule has 0 bridgehead atoms. The summed E-state index contributed by atoms with van der Waals surface area (Å²) in [7, 11) is 0. The maximum atomic E-state index is 6.20. The summed E-state index contributed by atoms with van der Waals surface area (Å²) in [4.78, 5) is 4.46. The Morgan fingerprint density at radius 1 is 1.25 bits per heavy atom. The van der Waals surface area contributed by atoms with E-state index in [0.717, 1.165) is 18.5 Å². The molecule has 0 radical (unpaired) electrons. The van der Waals surface area contributed by atoms with Crippen LogP contribution < -0.4 is 5.73 Å². The summed E-state index contributed by atoms with van der Waals surface area (Å²) in [5, 5.41) is 2.45. The molecule has 1 heterocycles. The SMILES string of the molecule is CCC(C)(N)Cc1nccc2ccccc12. The van der Waals surface area contributed by atoms with E-state index >= 15 is 0 Å². The lowest BCUT2D eigenvalue weighted by atomic mass is 9.92. The van der Waals surface area contributed by atoms with E-state index < -0.39 is 0 Å². The van der Waals surface area contributed by atoms with Crippen molar-refractivity contribution in [2.24, 2.45) is 5.73 Å². The maximum Gasteiger partial charge on any atom is 0.0500 e. The van der Waals surface area contributed by atoms with Gasteiger partial charge in [0.15, 0.2) is 0 Å². The first-order valence-corrected chi connectivity index (χ1v) is 5.74. The van der Waals surface area contributed by atoms with Gasteiger partial charge < -0.3 is 5.73 Å². The minimum absolute atomic E-state index is 0.170. The Morgan fingerprint density at radius 3 is 2.75 bits per heavy atom. The highest BCUT2D eigenvalue weighted by molar-refractivity contribution is 5.84. The summed E-state index contributed by atoms with van der Waals surface area (Å²) >= 11 is 0. The normalized spacial score (nSPS) is 14.9. The minimum Gasteiger partial charge on any atom is -0.325 e. The van der Waals surface area contributed by atoms with Crippen LogP contribution in [0.15, 0.2) is 36.5 Å². The van der Waals surface area contributed by atoms with Crippen LogP contribution in [0, 0.1) is 0 Å². The van der Waals surface area contributed by atoms with E-state index in [9.17, 15) is 0 Å². The number of hydrogen-bond donors (Lipinski definition) is 1. The second-order valence-corrected chi connectivity index (χ2v) is 4.66. The second kappa shape index (κ2) is 4.22. The molecule has 0 amide bonds. The van der Waals surface area contributed by atoms with Gasteiger partial charge in [-0.1, -0.05) is 31.2 Å². The van der Waals surface area contributed by atoms with Crippen LogP contribution in [0.1, 0.15) is 26.0 Å². The van der Waals surface area contributed by atoms with Gasteiger partial charge in [-0.3, -0.25) is 4.98 Å². The van der Waals surface area contributed by atoms with Gasteiger partial charge in [-0.25, -0.2) is 0 Å². The fourth-order valence-electron chi connectivity index (χ4n) is 1.83. The lowest BCUT2D eigenvalue weighted by Gasteiger charge is -2.22. The summed E-state index contributed by atoms with van der Waals surface area (Å²) in [5.41, 5.74) is 7.13. The number of fused-ring (bicyclic) bond motifs is 1. The average Bonchev–Trinajstić information content (AvgIpc) is 2.29. The van der Waals surface area contributed by atoms with Gasteiger partial charge in [0.25, 0.3) is 0 Å². The second-order valence-electron chi connectivity index (χ2n) is 4.66. The van der Waals surface area contributed by atoms with Crippen LogP contribution in [0.2, 0.25) is 0 Å². The van der Waals surface area contributed by atoms with Gasteiger partial charge in [-0.15, -0.1) is 0 Å². The van der Waals surface area contributed by atoms with Crippen molar-refractivity contribution in [3.05, 3.63) is 42.2 Å². The molecule has 1 unspecified atom stereocenters. The van der Waals surface area contributed by atoms with E-state index in [-0.39, 0.29) is 5.54 Å². The standard InChI is InChI=1S/C14H18N2/c1-3-14(2,15)10-13-12-7-5-4-6-11(12)8-9-16-13/h4-9H,3,10,15H2,1-2H3. The number of rotatable bonds is 3. The van der Waals surface area contributed by atoms with Gasteiger partial charge in [-0.05, 0) is 24.8 Å². The number of nitrogens with zero attached hydrogens (tertiary/aromatic N) is 1. The topological polar surface area (TPSA) is 38.9 Å². The van der Waals surface area contributed by atoms with Crippen LogP contribution >= 0.6 is 0 Å². The summed E-state index contributed by atoms with van der Waals surface area (Å²) in [6, 6.07) is 10.4. The minimum atomic E-state index is -0.170. The van der Waals surface area contributed by atoms with Crippen LogP contribution in [0.4, 0.5) is 0 Å². The molecule has 0 aliphatic rings. The third kappa shape index (κ3) is 2.22. The van der Waals surface area contributed by atoms with Gasteiger partial charge in [0.05, 0.1) is 0 Å². The number of benzene rings is 1. The fourth-order valence-corrected chi connectivity index (χ4v) is 1.83. The first kappa shape index (κ1) is 11.1. The molecule has 1 aromatic heterocycles. The van der Waals surface area contributed by atoms with E-state index in [1.54, 1.807) is 0 Å². The van der Waals surface area contributed by atoms with Crippen LogP contribution in [-0.4, -0.2) is 10.5 Å². The van der Waals surface area contributed by atoms with Crippen LogP contribution in [-0.2, 0) is 6.42 Å². The molecule has 1 atom stereocenters. The third-order valence-corrected chi connectivity index (χ3v) is 3.14. The highest BCUT2D eigenvalue weighted by Gasteiger charge is 2.18. The highest BCUT2D eigenvalue weighted by Crippen LogP contribution is 2.20. The third-order valence-electron chi connectivity index (χ3n) is 3.14. The lowest BCUT2D eigenvalue weighted by Crippen LogP contribution is -2.37.